The molecule has 1 aromatic carbocycles. The molecule has 0 aliphatic carbocycles. The lowest BCUT2D eigenvalue weighted by Gasteiger charge is -2.08. The van der Waals surface area contributed by atoms with Crippen LogP contribution in [-0.2, 0) is 9.84 Å². The van der Waals surface area contributed by atoms with Gasteiger partial charge in [0.2, 0.25) is 0 Å². The molecule has 1 N–H and O–H groups in total. The van der Waals surface area contributed by atoms with Crippen LogP contribution in [-0.4, -0.2) is 25.4 Å². The molecule has 2 aromatic heterocycles. The van der Waals surface area contributed by atoms with E-state index in [1.807, 2.05) is 31.2 Å². The van der Waals surface area contributed by atoms with Crippen molar-refractivity contribution >= 4 is 61.5 Å². The van der Waals surface area contributed by atoms with Crippen LogP contribution in [0.25, 0.3) is 10.4 Å². The average Bonchev–Trinajstić information content (AvgIpc) is 3.26. The van der Waals surface area contributed by atoms with Gasteiger partial charge in [-0.25, -0.2) is 8.42 Å². The van der Waals surface area contributed by atoms with Crippen molar-refractivity contribution in [1.82, 2.24) is 0 Å². The monoisotopic (exact) mass is 481 g/mol. The molecule has 0 aliphatic heterocycles. The van der Waals surface area contributed by atoms with Crippen molar-refractivity contribution in [2.45, 2.75) is 37.8 Å². The molecule has 0 atom stereocenters. The molecule has 0 spiro atoms. The summed E-state index contributed by atoms with van der Waals surface area (Å²) in [6.07, 6.45) is 0. The van der Waals surface area contributed by atoms with Crippen molar-refractivity contribution in [1.29, 1.82) is 0 Å². The van der Waals surface area contributed by atoms with Gasteiger partial charge in [-0.05, 0) is 33.3 Å². The number of thiophene rings is 2. The highest BCUT2D eigenvalue weighted by Crippen LogP contribution is 2.38. The van der Waals surface area contributed by atoms with Crippen LogP contribution in [0.1, 0.15) is 46.4 Å². The van der Waals surface area contributed by atoms with Gasteiger partial charge in [0.1, 0.15) is 4.88 Å². The maximum Gasteiger partial charge on any atom is 0.267 e. The van der Waals surface area contributed by atoms with E-state index in [1.165, 1.54) is 23.6 Å². The van der Waals surface area contributed by atoms with E-state index in [2.05, 4.69) is 5.32 Å². The zero-order valence-electron chi connectivity index (χ0n) is 16.8. The number of amides is 1. The zero-order valence-corrected chi connectivity index (χ0v) is 20.0. The number of Topliss-reactive ketones (excluding diaryl/α,β-unsaturated/α-hetero) is 1. The van der Waals surface area contributed by atoms with Crippen LogP contribution in [0.5, 0.6) is 0 Å². The molecule has 2 heterocycles. The number of sulfone groups is 1. The maximum absolute atomic E-state index is 12.8. The van der Waals surface area contributed by atoms with Gasteiger partial charge in [-0.2, -0.15) is 0 Å². The molecule has 0 unspecified atom stereocenters. The number of rotatable bonds is 6. The third-order valence-electron chi connectivity index (χ3n) is 4.54. The lowest BCUT2D eigenvalue weighted by molar-refractivity contribution is 0.101. The van der Waals surface area contributed by atoms with Gasteiger partial charge in [-0.1, -0.05) is 41.4 Å². The second kappa shape index (κ2) is 8.63. The molecule has 3 aromatic rings. The minimum absolute atomic E-state index is 0.0493. The Balaban J connectivity index is 1.96. The van der Waals surface area contributed by atoms with Crippen molar-refractivity contribution in [3.8, 4) is 10.4 Å². The van der Waals surface area contributed by atoms with Crippen LogP contribution in [0.4, 0.5) is 5.69 Å². The summed E-state index contributed by atoms with van der Waals surface area (Å²) in [7, 11) is -3.60. The van der Waals surface area contributed by atoms with Crippen molar-refractivity contribution in [2.75, 3.05) is 5.32 Å². The van der Waals surface area contributed by atoms with Crippen LogP contribution in [0, 0.1) is 6.92 Å². The van der Waals surface area contributed by atoms with Gasteiger partial charge < -0.3 is 5.32 Å². The average molecular weight is 482 g/mol. The predicted molar refractivity (Wildman–Crippen MR) is 124 cm³/mol. The van der Waals surface area contributed by atoms with E-state index in [-0.39, 0.29) is 20.6 Å². The van der Waals surface area contributed by atoms with Crippen LogP contribution < -0.4 is 5.32 Å². The second-order valence-electron chi connectivity index (χ2n) is 7.07. The number of hydrogen-bond donors (Lipinski definition) is 1. The number of carbonyl (C=O) groups excluding carboxylic acids is 2. The van der Waals surface area contributed by atoms with E-state index in [0.29, 0.717) is 11.3 Å². The Morgan fingerprint density at radius 2 is 1.70 bits per heavy atom. The largest absolute Gasteiger partial charge is 0.320 e. The summed E-state index contributed by atoms with van der Waals surface area (Å²) in [6, 6.07) is 7.77. The molecule has 158 valence electrons. The first-order chi connectivity index (χ1) is 14.0. The highest BCUT2D eigenvalue weighted by molar-refractivity contribution is 7.92. The number of halogens is 1. The Bertz CT molecular complexity index is 1220. The Morgan fingerprint density at radius 1 is 1.07 bits per heavy atom. The number of anilines is 1. The van der Waals surface area contributed by atoms with Crippen LogP contribution in [0.2, 0.25) is 5.02 Å². The summed E-state index contributed by atoms with van der Waals surface area (Å²) in [5.41, 5.74) is 2.79. The number of aryl methyl sites for hydroxylation is 1. The fourth-order valence-electron chi connectivity index (χ4n) is 2.82. The van der Waals surface area contributed by atoms with Gasteiger partial charge in [0, 0.05) is 15.6 Å². The predicted octanol–water partition coefficient (Wildman–Crippen LogP) is 6.08. The summed E-state index contributed by atoms with van der Waals surface area (Å²) in [6.45, 7) is 6.54. The van der Waals surface area contributed by atoms with Crippen molar-refractivity contribution in [2.24, 2.45) is 0 Å². The van der Waals surface area contributed by atoms with E-state index < -0.39 is 21.0 Å². The molecular formula is C21H20ClNO4S3. The number of nitrogens with one attached hydrogen (secondary N) is 1. The molecule has 1 amide bonds. The molecule has 9 heteroatoms. The molecule has 0 bridgehead atoms. The lowest BCUT2D eigenvalue weighted by atomic mass is 10.0. The Labute approximate surface area is 188 Å². The smallest absolute Gasteiger partial charge is 0.267 e. The zero-order chi connectivity index (χ0) is 22.2. The van der Waals surface area contributed by atoms with E-state index in [1.54, 1.807) is 19.2 Å². The molecule has 5 nitrogen and oxygen atoms in total. The molecule has 0 fully saturated rings. The molecule has 0 saturated heterocycles. The van der Waals surface area contributed by atoms with E-state index in [9.17, 15) is 18.0 Å². The standard InChI is InChI=1S/C21H20ClNO4S3/c1-11(2)30(26,27)16-10-29-20(18(16)22)21(25)23-15-9-28-19(17(15)13(4)24)14-7-5-12(3)6-8-14/h5-11H,1-4H3,(H,23,25). The first-order valence-corrected chi connectivity index (χ1v) is 12.7. The minimum Gasteiger partial charge on any atom is -0.320 e. The SMILES string of the molecule is CC(=O)c1c(NC(=O)c2scc(S(=O)(=O)C(C)C)c2Cl)csc1-c1ccc(C)cc1. The molecule has 30 heavy (non-hydrogen) atoms. The third kappa shape index (κ3) is 4.23. The van der Waals surface area contributed by atoms with Crippen LogP contribution in [0.3, 0.4) is 0 Å². The summed E-state index contributed by atoms with van der Waals surface area (Å²) in [4.78, 5) is 26.0. The molecular weight excluding hydrogens is 462 g/mol. The minimum atomic E-state index is -3.60. The summed E-state index contributed by atoms with van der Waals surface area (Å²) >= 11 is 8.56. The number of ketones is 1. The molecule has 0 radical (unpaired) electrons. The molecule has 0 saturated carbocycles. The summed E-state index contributed by atoms with van der Waals surface area (Å²) < 4.78 is 24.8. The van der Waals surface area contributed by atoms with E-state index in [4.69, 9.17) is 11.6 Å². The van der Waals surface area contributed by atoms with Gasteiger partial charge in [-0.15, -0.1) is 22.7 Å². The molecule has 0 aliphatic rings. The van der Waals surface area contributed by atoms with Gasteiger partial charge >= 0.3 is 0 Å². The van der Waals surface area contributed by atoms with Crippen molar-refractivity contribution in [3.63, 3.8) is 0 Å². The van der Waals surface area contributed by atoms with Gasteiger partial charge in [0.25, 0.3) is 5.91 Å². The fraction of sp³-hybridized carbons (Fsp3) is 0.238. The number of hydrogen-bond acceptors (Lipinski definition) is 6. The Morgan fingerprint density at radius 3 is 2.27 bits per heavy atom. The van der Waals surface area contributed by atoms with Crippen LogP contribution >= 0.6 is 34.3 Å². The van der Waals surface area contributed by atoms with Gasteiger partial charge in [-0.3, -0.25) is 9.59 Å². The van der Waals surface area contributed by atoms with Crippen LogP contribution in [0.15, 0.2) is 39.9 Å². The fourth-order valence-corrected chi connectivity index (χ4v) is 6.86. The number of carbonyl (C=O) groups is 2. The van der Waals surface area contributed by atoms with Gasteiger partial charge in [0.15, 0.2) is 15.6 Å². The van der Waals surface area contributed by atoms with Gasteiger partial charge in [0.05, 0.1) is 26.4 Å². The number of benzene rings is 1. The Hall–Kier alpha value is -2.00. The first-order valence-electron chi connectivity index (χ1n) is 9.05. The summed E-state index contributed by atoms with van der Waals surface area (Å²) in [5.74, 6) is -0.728. The lowest BCUT2D eigenvalue weighted by Crippen LogP contribution is -2.15. The first kappa shape index (κ1) is 22.7. The summed E-state index contributed by atoms with van der Waals surface area (Å²) in [5, 5.41) is 5.06. The highest BCUT2D eigenvalue weighted by Gasteiger charge is 2.28. The quantitative estimate of drug-likeness (QED) is 0.433. The molecule has 3 rings (SSSR count). The van der Waals surface area contributed by atoms with E-state index in [0.717, 1.165) is 27.3 Å². The third-order valence-corrected chi connectivity index (χ3v) is 9.49. The normalized spacial score (nSPS) is 11.7. The topological polar surface area (TPSA) is 80.3 Å². The second-order valence-corrected chi connectivity index (χ2v) is 11.7. The van der Waals surface area contributed by atoms with E-state index >= 15 is 0 Å². The maximum atomic E-state index is 12.8. The van der Waals surface area contributed by atoms with Crippen molar-refractivity contribution < 1.29 is 18.0 Å². The highest BCUT2D eigenvalue weighted by atomic mass is 35.5. The van der Waals surface area contributed by atoms with Crippen molar-refractivity contribution in [3.05, 3.63) is 56.1 Å². The Kier molecular flexibility index (Phi) is 6.52.